The molecule has 25 heavy (non-hydrogen) atoms. The van der Waals surface area contributed by atoms with E-state index in [1.165, 1.54) is 12.8 Å². The highest BCUT2D eigenvalue weighted by Gasteiger charge is 2.18. The molecule has 7 heteroatoms. The zero-order valence-corrected chi connectivity index (χ0v) is 15.7. The van der Waals surface area contributed by atoms with Crippen molar-refractivity contribution >= 4 is 55.8 Å². The first-order valence-corrected chi connectivity index (χ1v) is 9.28. The van der Waals surface area contributed by atoms with Gasteiger partial charge in [-0.05, 0) is 43.2 Å². The van der Waals surface area contributed by atoms with E-state index < -0.39 is 0 Å². The molecule has 3 aromatic rings. The minimum atomic E-state index is -0.284. The normalized spacial score (nSPS) is 14.2. The SMILES string of the molecule is O=C(Nc1ccc(N2CCCC2)nc1)c1[nH]c2ccc(Br)cc2c1Cl. The Morgan fingerprint density at radius 3 is 2.76 bits per heavy atom. The lowest BCUT2D eigenvalue weighted by Gasteiger charge is -2.16. The summed E-state index contributed by atoms with van der Waals surface area (Å²) < 4.78 is 0.912. The number of carbonyl (C=O) groups is 1. The number of nitrogens with one attached hydrogen (secondary N) is 2. The van der Waals surface area contributed by atoms with Crippen molar-refractivity contribution in [1.29, 1.82) is 0 Å². The molecule has 1 saturated heterocycles. The molecule has 0 saturated carbocycles. The molecule has 0 unspecified atom stereocenters. The second-order valence-corrected chi connectivity index (χ2v) is 7.35. The van der Waals surface area contributed by atoms with Crippen molar-refractivity contribution in [2.45, 2.75) is 12.8 Å². The number of anilines is 2. The zero-order chi connectivity index (χ0) is 17.4. The summed E-state index contributed by atoms with van der Waals surface area (Å²) in [5.41, 5.74) is 1.81. The van der Waals surface area contributed by atoms with Gasteiger partial charge >= 0.3 is 0 Å². The van der Waals surface area contributed by atoms with Gasteiger partial charge in [0.2, 0.25) is 0 Å². The van der Waals surface area contributed by atoms with Gasteiger partial charge in [0, 0.05) is 28.5 Å². The van der Waals surface area contributed by atoms with Crippen molar-refractivity contribution in [2.75, 3.05) is 23.3 Å². The van der Waals surface area contributed by atoms with Gasteiger partial charge in [0.1, 0.15) is 11.5 Å². The van der Waals surface area contributed by atoms with Gasteiger partial charge in [0.15, 0.2) is 0 Å². The van der Waals surface area contributed by atoms with Crippen molar-refractivity contribution < 1.29 is 4.79 Å². The minimum Gasteiger partial charge on any atom is -0.357 e. The largest absolute Gasteiger partial charge is 0.357 e. The number of fused-ring (bicyclic) bond motifs is 1. The van der Waals surface area contributed by atoms with Crippen molar-refractivity contribution in [2.24, 2.45) is 0 Å². The molecule has 0 bridgehead atoms. The van der Waals surface area contributed by atoms with Gasteiger partial charge in [-0.2, -0.15) is 0 Å². The number of aromatic amines is 1. The average Bonchev–Trinajstić information content (AvgIpc) is 3.25. The molecule has 1 aromatic carbocycles. The van der Waals surface area contributed by atoms with Gasteiger partial charge in [-0.1, -0.05) is 27.5 Å². The molecule has 3 heterocycles. The van der Waals surface area contributed by atoms with E-state index >= 15 is 0 Å². The summed E-state index contributed by atoms with van der Waals surface area (Å²) >= 11 is 9.78. The summed E-state index contributed by atoms with van der Waals surface area (Å²) in [4.78, 5) is 22.3. The maximum Gasteiger partial charge on any atom is 0.273 e. The van der Waals surface area contributed by atoms with Gasteiger partial charge < -0.3 is 15.2 Å². The maximum absolute atomic E-state index is 12.6. The van der Waals surface area contributed by atoms with Crippen LogP contribution in [0.15, 0.2) is 41.0 Å². The third-order valence-corrected chi connectivity index (χ3v) is 5.25. The third-order valence-electron chi connectivity index (χ3n) is 4.36. The molecular formula is C18H16BrClN4O. The Balaban J connectivity index is 1.54. The van der Waals surface area contributed by atoms with Crippen LogP contribution < -0.4 is 10.2 Å². The van der Waals surface area contributed by atoms with E-state index in [0.717, 1.165) is 34.3 Å². The van der Waals surface area contributed by atoms with Crippen molar-refractivity contribution in [3.63, 3.8) is 0 Å². The molecular weight excluding hydrogens is 404 g/mol. The number of H-pyrrole nitrogens is 1. The van der Waals surface area contributed by atoms with Crippen LogP contribution in [-0.2, 0) is 0 Å². The van der Waals surface area contributed by atoms with E-state index in [-0.39, 0.29) is 5.91 Å². The number of nitrogens with zero attached hydrogens (tertiary/aromatic N) is 2. The molecule has 128 valence electrons. The monoisotopic (exact) mass is 418 g/mol. The Hall–Kier alpha value is -2.05. The number of hydrogen-bond donors (Lipinski definition) is 2. The molecule has 1 aliphatic rings. The molecule has 0 atom stereocenters. The topological polar surface area (TPSA) is 61.0 Å². The van der Waals surface area contributed by atoms with Crippen molar-refractivity contribution in [3.05, 3.63) is 51.7 Å². The molecule has 2 N–H and O–H groups in total. The van der Waals surface area contributed by atoms with Gasteiger partial charge in [-0.15, -0.1) is 0 Å². The Bertz CT molecular complexity index is 932. The molecule has 1 aliphatic heterocycles. The second-order valence-electron chi connectivity index (χ2n) is 6.06. The maximum atomic E-state index is 12.6. The fourth-order valence-electron chi connectivity index (χ4n) is 3.07. The second kappa shape index (κ2) is 6.69. The fraction of sp³-hybridized carbons (Fsp3) is 0.222. The number of amides is 1. The Labute approximate surface area is 158 Å². The number of pyridine rings is 1. The average molecular weight is 420 g/mol. The van der Waals surface area contributed by atoms with Crippen LogP contribution in [0.3, 0.4) is 0 Å². The van der Waals surface area contributed by atoms with Gasteiger partial charge in [-0.25, -0.2) is 4.98 Å². The van der Waals surface area contributed by atoms with Gasteiger partial charge in [0.05, 0.1) is 16.9 Å². The number of rotatable bonds is 3. The summed E-state index contributed by atoms with van der Waals surface area (Å²) in [6.07, 6.45) is 4.09. The predicted octanol–water partition coefficient (Wildman–Crippen LogP) is 4.83. The molecule has 1 fully saturated rings. The summed E-state index contributed by atoms with van der Waals surface area (Å²) in [5, 5.41) is 4.07. The number of carbonyl (C=O) groups excluding carboxylic acids is 1. The van der Waals surface area contributed by atoms with E-state index in [2.05, 4.69) is 36.1 Å². The lowest BCUT2D eigenvalue weighted by Crippen LogP contribution is -2.19. The Morgan fingerprint density at radius 2 is 2.04 bits per heavy atom. The first-order chi connectivity index (χ1) is 12.1. The van der Waals surface area contributed by atoms with Crippen LogP contribution in [0.5, 0.6) is 0 Å². The summed E-state index contributed by atoms with van der Waals surface area (Å²) in [6, 6.07) is 9.47. The van der Waals surface area contributed by atoms with Crippen molar-refractivity contribution in [3.8, 4) is 0 Å². The quantitative estimate of drug-likeness (QED) is 0.639. The predicted molar refractivity (Wildman–Crippen MR) is 105 cm³/mol. The molecule has 0 aliphatic carbocycles. The first-order valence-electron chi connectivity index (χ1n) is 8.11. The van der Waals surface area contributed by atoms with Gasteiger partial charge in [0.25, 0.3) is 5.91 Å². The van der Waals surface area contributed by atoms with Crippen molar-refractivity contribution in [1.82, 2.24) is 9.97 Å². The lowest BCUT2D eigenvalue weighted by atomic mass is 10.2. The molecule has 2 aromatic heterocycles. The number of hydrogen-bond acceptors (Lipinski definition) is 3. The van der Waals surface area contributed by atoms with Crippen LogP contribution in [0.1, 0.15) is 23.3 Å². The summed E-state index contributed by atoms with van der Waals surface area (Å²) in [6.45, 7) is 2.08. The smallest absolute Gasteiger partial charge is 0.273 e. The first kappa shape index (κ1) is 16.4. The highest BCUT2D eigenvalue weighted by molar-refractivity contribution is 9.10. The molecule has 0 spiro atoms. The van der Waals surface area contributed by atoms with Crippen LogP contribution in [0, 0.1) is 0 Å². The molecule has 1 amide bonds. The highest BCUT2D eigenvalue weighted by atomic mass is 79.9. The summed E-state index contributed by atoms with van der Waals surface area (Å²) in [5.74, 6) is 0.664. The van der Waals surface area contributed by atoms with Gasteiger partial charge in [-0.3, -0.25) is 4.79 Å². The standard InChI is InChI=1S/C18H16BrClN4O/c19-11-3-5-14-13(9-11)16(20)17(23-14)18(25)22-12-4-6-15(21-10-12)24-7-1-2-8-24/h3-6,9-10,23H,1-2,7-8H2,(H,22,25). The number of halogens is 2. The Morgan fingerprint density at radius 1 is 1.24 bits per heavy atom. The van der Waals surface area contributed by atoms with E-state index in [1.54, 1.807) is 6.20 Å². The zero-order valence-electron chi connectivity index (χ0n) is 13.4. The Kier molecular flexibility index (Phi) is 4.39. The van der Waals surface area contributed by atoms with E-state index in [4.69, 9.17) is 11.6 Å². The highest BCUT2D eigenvalue weighted by Crippen LogP contribution is 2.30. The number of benzene rings is 1. The fourth-order valence-corrected chi connectivity index (χ4v) is 3.73. The lowest BCUT2D eigenvalue weighted by molar-refractivity contribution is 0.102. The van der Waals surface area contributed by atoms with E-state index in [1.807, 2.05) is 30.3 Å². The van der Waals surface area contributed by atoms with Crippen LogP contribution in [0.25, 0.3) is 10.9 Å². The summed E-state index contributed by atoms with van der Waals surface area (Å²) in [7, 11) is 0. The van der Waals surface area contributed by atoms with E-state index in [9.17, 15) is 4.79 Å². The third kappa shape index (κ3) is 3.24. The molecule has 5 nitrogen and oxygen atoms in total. The van der Waals surface area contributed by atoms with Crippen LogP contribution in [0.4, 0.5) is 11.5 Å². The van der Waals surface area contributed by atoms with Crippen LogP contribution in [0.2, 0.25) is 5.02 Å². The number of aromatic nitrogens is 2. The molecule has 0 radical (unpaired) electrons. The van der Waals surface area contributed by atoms with Crippen LogP contribution in [-0.4, -0.2) is 29.0 Å². The van der Waals surface area contributed by atoms with E-state index in [0.29, 0.717) is 16.4 Å². The van der Waals surface area contributed by atoms with Crippen LogP contribution >= 0.6 is 27.5 Å². The molecule has 4 rings (SSSR count). The minimum absolute atomic E-state index is 0.284.